The van der Waals surface area contributed by atoms with Crippen LogP contribution in [0.3, 0.4) is 0 Å². The summed E-state index contributed by atoms with van der Waals surface area (Å²) in [6.07, 6.45) is 1.04. The van der Waals surface area contributed by atoms with E-state index in [4.69, 9.17) is 4.74 Å². The predicted octanol–water partition coefficient (Wildman–Crippen LogP) is 2.93. The molecule has 0 amide bonds. The Hall–Kier alpha value is -2.48. The van der Waals surface area contributed by atoms with Crippen LogP contribution >= 0.6 is 0 Å². The molecule has 0 aliphatic carbocycles. The van der Waals surface area contributed by atoms with Crippen LogP contribution in [-0.4, -0.2) is 19.6 Å². The lowest BCUT2D eigenvalue weighted by molar-refractivity contribution is -0.385. The van der Waals surface area contributed by atoms with Gasteiger partial charge in [-0.25, -0.2) is 12.8 Å². The quantitative estimate of drug-likeness (QED) is 0.640. The van der Waals surface area contributed by atoms with E-state index in [1.165, 1.54) is 24.3 Å². The number of nitro groups is 1. The number of hydrogen-bond donors (Lipinski definition) is 0. The molecule has 2 rings (SSSR count). The number of sulfone groups is 1. The highest BCUT2D eigenvalue weighted by Crippen LogP contribution is 2.28. The van der Waals surface area contributed by atoms with Crippen LogP contribution in [0.15, 0.2) is 47.4 Å². The summed E-state index contributed by atoms with van der Waals surface area (Å²) < 4.78 is 41.4. The number of benzene rings is 2. The van der Waals surface area contributed by atoms with Crippen molar-refractivity contribution >= 4 is 15.5 Å². The van der Waals surface area contributed by atoms with Crippen LogP contribution in [-0.2, 0) is 9.84 Å². The van der Waals surface area contributed by atoms with Crippen LogP contribution in [0.2, 0.25) is 0 Å². The second-order valence-electron chi connectivity index (χ2n) is 4.25. The van der Waals surface area contributed by atoms with E-state index < -0.39 is 26.3 Å². The highest BCUT2D eigenvalue weighted by atomic mass is 32.2. The molecule has 0 heterocycles. The topological polar surface area (TPSA) is 86.5 Å². The van der Waals surface area contributed by atoms with Crippen LogP contribution in [0, 0.1) is 15.9 Å². The third kappa shape index (κ3) is 3.76. The molecule has 8 heteroatoms. The van der Waals surface area contributed by atoms with Crippen molar-refractivity contribution in [2.24, 2.45) is 0 Å². The van der Waals surface area contributed by atoms with Crippen LogP contribution in [0.25, 0.3) is 0 Å². The summed E-state index contributed by atoms with van der Waals surface area (Å²) in [4.78, 5) is 9.93. The van der Waals surface area contributed by atoms with E-state index in [1.807, 2.05) is 0 Å². The zero-order valence-corrected chi connectivity index (χ0v) is 11.6. The second kappa shape index (κ2) is 5.49. The van der Waals surface area contributed by atoms with Gasteiger partial charge in [0, 0.05) is 12.3 Å². The normalized spacial score (nSPS) is 11.1. The lowest BCUT2D eigenvalue weighted by Crippen LogP contribution is -1.97. The molecule has 0 spiro atoms. The van der Waals surface area contributed by atoms with E-state index in [0.29, 0.717) is 0 Å². The lowest BCUT2D eigenvalue weighted by atomic mass is 10.3. The molecule has 21 heavy (non-hydrogen) atoms. The van der Waals surface area contributed by atoms with Crippen molar-refractivity contribution in [1.29, 1.82) is 0 Å². The molecule has 2 aromatic carbocycles. The van der Waals surface area contributed by atoms with Crippen molar-refractivity contribution in [3.8, 4) is 11.5 Å². The average molecular weight is 311 g/mol. The minimum atomic E-state index is -3.41. The Kier molecular flexibility index (Phi) is 3.90. The zero-order chi connectivity index (χ0) is 15.6. The molecule has 0 saturated carbocycles. The molecule has 6 nitrogen and oxygen atoms in total. The molecule has 0 saturated heterocycles. The van der Waals surface area contributed by atoms with Gasteiger partial charge in [0.25, 0.3) is 5.69 Å². The van der Waals surface area contributed by atoms with E-state index in [-0.39, 0.29) is 16.4 Å². The molecule has 110 valence electrons. The van der Waals surface area contributed by atoms with E-state index in [0.717, 1.165) is 24.5 Å². The molecule has 0 atom stereocenters. The van der Waals surface area contributed by atoms with Gasteiger partial charge in [-0.3, -0.25) is 10.1 Å². The number of hydrogen-bond acceptors (Lipinski definition) is 5. The van der Waals surface area contributed by atoms with Gasteiger partial charge in [0.15, 0.2) is 9.84 Å². The summed E-state index contributed by atoms with van der Waals surface area (Å²) >= 11 is 0. The SMILES string of the molecule is CS(=O)(=O)c1cccc(Oc2cc(F)cc([N+](=O)[O-])c2)c1. The van der Waals surface area contributed by atoms with Gasteiger partial charge in [0.05, 0.1) is 22.0 Å². The van der Waals surface area contributed by atoms with Crippen LogP contribution in [0.1, 0.15) is 0 Å². The van der Waals surface area contributed by atoms with Crippen molar-refractivity contribution in [2.75, 3.05) is 6.26 Å². The molecule has 0 N–H and O–H groups in total. The third-order valence-electron chi connectivity index (χ3n) is 2.54. The Balaban J connectivity index is 2.37. The van der Waals surface area contributed by atoms with Crippen molar-refractivity contribution in [3.05, 3.63) is 58.4 Å². The molecule has 0 unspecified atom stereocenters. The Morgan fingerprint density at radius 3 is 2.48 bits per heavy atom. The Labute approximate surface area is 119 Å². The molecular formula is C13H10FNO5S. The first-order valence-electron chi connectivity index (χ1n) is 5.69. The first kappa shape index (κ1) is 14.9. The maximum atomic E-state index is 13.3. The van der Waals surface area contributed by atoms with E-state index in [1.54, 1.807) is 0 Å². The van der Waals surface area contributed by atoms with Crippen molar-refractivity contribution < 1.29 is 22.5 Å². The Morgan fingerprint density at radius 2 is 1.86 bits per heavy atom. The van der Waals surface area contributed by atoms with E-state index in [2.05, 4.69) is 0 Å². The monoisotopic (exact) mass is 311 g/mol. The van der Waals surface area contributed by atoms with Gasteiger partial charge in [-0.1, -0.05) is 6.07 Å². The summed E-state index contributed by atoms with van der Waals surface area (Å²) in [5.41, 5.74) is -0.454. The smallest absolute Gasteiger partial charge is 0.276 e. The number of rotatable bonds is 4. The van der Waals surface area contributed by atoms with Crippen molar-refractivity contribution in [3.63, 3.8) is 0 Å². The maximum Gasteiger partial charge on any atom is 0.276 e. The highest BCUT2D eigenvalue weighted by Gasteiger charge is 2.12. The fraction of sp³-hybridized carbons (Fsp3) is 0.0769. The molecule has 0 radical (unpaired) electrons. The first-order valence-corrected chi connectivity index (χ1v) is 7.58. The fourth-order valence-electron chi connectivity index (χ4n) is 1.62. The summed E-state index contributed by atoms with van der Waals surface area (Å²) in [6, 6.07) is 8.35. The van der Waals surface area contributed by atoms with Gasteiger partial charge in [0.2, 0.25) is 0 Å². The highest BCUT2D eigenvalue weighted by molar-refractivity contribution is 7.90. The summed E-state index contributed by atoms with van der Waals surface area (Å²) in [6.45, 7) is 0. The molecular weight excluding hydrogens is 301 g/mol. The van der Waals surface area contributed by atoms with Gasteiger partial charge in [-0.15, -0.1) is 0 Å². The summed E-state index contributed by atoms with van der Waals surface area (Å²) in [5, 5.41) is 10.6. The number of non-ortho nitro benzene ring substituents is 1. The lowest BCUT2D eigenvalue weighted by Gasteiger charge is -2.07. The summed E-state index contributed by atoms with van der Waals surface area (Å²) in [5.74, 6) is -0.774. The van der Waals surface area contributed by atoms with Crippen LogP contribution in [0.5, 0.6) is 11.5 Å². The second-order valence-corrected chi connectivity index (χ2v) is 6.27. The molecule has 0 aliphatic rings. The van der Waals surface area contributed by atoms with Gasteiger partial charge < -0.3 is 4.74 Å². The molecule has 0 fully saturated rings. The maximum absolute atomic E-state index is 13.3. The third-order valence-corrected chi connectivity index (χ3v) is 3.65. The first-order chi connectivity index (χ1) is 9.75. The molecule has 0 aromatic heterocycles. The van der Waals surface area contributed by atoms with Gasteiger partial charge >= 0.3 is 0 Å². The Bertz CT molecular complexity index is 804. The largest absolute Gasteiger partial charge is 0.457 e. The Morgan fingerprint density at radius 1 is 1.14 bits per heavy atom. The number of halogens is 1. The predicted molar refractivity (Wildman–Crippen MR) is 72.7 cm³/mol. The molecule has 0 bridgehead atoms. The average Bonchev–Trinajstić information content (AvgIpc) is 2.37. The number of nitrogens with zero attached hydrogens (tertiary/aromatic N) is 1. The minimum absolute atomic E-state index is 0.0332. The summed E-state index contributed by atoms with van der Waals surface area (Å²) in [7, 11) is -3.41. The van der Waals surface area contributed by atoms with E-state index >= 15 is 0 Å². The molecule has 2 aromatic rings. The van der Waals surface area contributed by atoms with Gasteiger partial charge in [-0.2, -0.15) is 0 Å². The fourth-order valence-corrected chi connectivity index (χ4v) is 2.27. The molecule has 0 aliphatic heterocycles. The number of nitro benzene ring substituents is 1. The van der Waals surface area contributed by atoms with E-state index in [9.17, 15) is 22.9 Å². The minimum Gasteiger partial charge on any atom is -0.457 e. The number of ether oxygens (including phenoxy) is 1. The standard InChI is InChI=1S/C13H10FNO5S/c1-21(18,19)13-4-2-3-11(8-13)20-12-6-9(14)5-10(7-12)15(16)17/h2-8H,1H3. The van der Waals surface area contributed by atoms with Crippen LogP contribution < -0.4 is 4.74 Å². The van der Waals surface area contributed by atoms with Gasteiger partial charge in [-0.05, 0) is 18.2 Å². The van der Waals surface area contributed by atoms with Gasteiger partial charge in [0.1, 0.15) is 17.3 Å². The zero-order valence-electron chi connectivity index (χ0n) is 10.8. The van der Waals surface area contributed by atoms with Crippen molar-refractivity contribution in [1.82, 2.24) is 0 Å². The van der Waals surface area contributed by atoms with Crippen LogP contribution in [0.4, 0.5) is 10.1 Å². The van der Waals surface area contributed by atoms with Crippen molar-refractivity contribution in [2.45, 2.75) is 4.90 Å².